The quantitative estimate of drug-likeness (QED) is 0.489. The number of furan rings is 1. The van der Waals surface area contributed by atoms with Gasteiger partial charge in [-0.25, -0.2) is 0 Å². The molecule has 23 heavy (non-hydrogen) atoms. The van der Waals surface area contributed by atoms with Gasteiger partial charge in [-0.1, -0.05) is 30.3 Å². The Morgan fingerprint density at radius 1 is 0.696 bits per heavy atom. The third-order valence-corrected chi connectivity index (χ3v) is 3.35. The highest BCUT2D eigenvalue weighted by Gasteiger charge is 2.39. The summed E-state index contributed by atoms with van der Waals surface area (Å²) in [6, 6.07) is 8.97. The third-order valence-electron chi connectivity index (χ3n) is 3.35. The Morgan fingerprint density at radius 2 is 1.30 bits per heavy atom. The Labute approximate surface area is 126 Å². The highest BCUT2D eigenvalue weighted by atomic mass is 19.4. The molecule has 0 saturated carbocycles. The Bertz CT molecular complexity index is 840. The van der Waals surface area contributed by atoms with Gasteiger partial charge in [-0.05, 0) is 18.2 Å². The fourth-order valence-corrected chi connectivity index (χ4v) is 2.34. The summed E-state index contributed by atoms with van der Waals surface area (Å²) in [6.07, 6.45) is -9.25. The zero-order valence-corrected chi connectivity index (χ0v) is 11.3. The lowest BCUT2D eigenvalue weighted by Gasteiger charge is -2.09. The lowest BCUT2D eigenvalue weighted by atomic mass is 10.0. The lowest BCUT2D eigenvalue weighted by Crippen LogP contribution is -2.06. The Balaban J connectivity index is 2.20. The molecular formula is C16H8F6O. The largest absolute Gasteiger partial charge is 0.455 e. The van der Waals surface area contributed by atoms with E-state index in [-0.39, 0.29) is 16.5 Å². The highest BCUT2D eigenvalue weighted by molar-refractivity contribution is 5.88. The van der Waals surface area contributed by atoms with Crippen LogP contribution in [0.4, 0.5) is 26.3 Å². The predicted octanol–water partition coefficient (Wildman–Crippen LogP) is 6.14. The summed E-state index contributed by atoms with van der Waals surface area (Å²) in [5.41, 5.74) is -1.98. The van der Waals surface area contributed by atoms with Crippen molar-refractivity contribution in [2.24, 2.45) is 0 Å². The first kappa shape index (κ1) is 15.5. The Kier molecular flexibility index (Phi) is 3.39. The average Bonchev–Trinajstić information content (AvgIpc) is 2.86. The van der Waals surface area contributed by atoms with Gasteiger partial charge < -0.3 is 4.42 Å². The van der Waals surface area contributed by atoms with Gasteiger partial charge in [0.1, 0.15) is 16.9 Å². The maximum atomic E-state index is 13.3. The molecule has 0 fully saturated rings. The first-order valence-corrected chi connectivity index (χ1v) is 6.44. The molecule has 7 heteroatoms. The van der Waals surface area contributed by atoms with E-state index in [1.807, 2.05) is 0 Å². The molecule has 0 aliphatic heterocycles. The van der Waals surface area contributed by atoms with Crippen molar-refractivity contribution in [2.75, 3.05) is 0 Å². The van der Waals surface area contributed by atoms with E-state index in [0.29, 0.717) is 0 Å². The number of halogens is 6. The number of alkyl halides is 6. The van der Waals surface area contributed by atoms with E-state index in [1.165, 1.54) is 24.3 Å². The molecule has 1 heterocycles. The maximum absolute atomic E-state index is 13.3. The van der Waals surface area contributed by atoms with Crippen molar-refractivity contribution in [1.82, 2.24) is 0 Å². The predicted molar refractivity (Wildman–Crippen MR) is 71.7 cm³/mol. The Morgan fingerprint density at radius 3 is 1.87 bits per heavy atom. The molecule has 0 saturated heterocycles. The smallest absolute Gasteiger partial charge is 0.420 e. The number of para-hydroxylation sites is 1. The molecular weight excluding hydrogens is 322 g/mol. The van der Waals surface area contributed by atoms with Crippen LogP contribution in [0.15, 0.2) is 52.9 Å². The van der Waals surface area contributed by atoms with Crippen LogP contribution in [0.25, 0.3) is 22.3 Å². The number of hydrogen-bond donors (Lipinski definition) is 0. The minimum atomic E-state index is -4.69. The van der Waals surface area contributed by atoms with Crippen LogP contribution in [-0.4, -0.2) is 0 Å². The van der Waals surface area contributed by atoms with E-state index >= 15 is 0 Å². The van der Waals surface area contributed by atoms with E-state index < -0.39 is 29.2 Å². The molecule has 0 aliphatic rings. The molecule has 0 radical (unpaired) electrons. The van der Waals surface area contributed by atoms with E-state index in [1.54, 1.807) is 0 Å². The van der Waals surface area contributed by atoms with Gasteiger partial charge in [0.25, 0.3) is 0 Å². The highest BCUT2D eigenvalue weighted by Crippen LogP contribution is 2.44. The van der Waals surface area contributed by atoms with Crippen LogP contribution >= 0.6 is 0 Å². The summed E-state index contributed by atoms with van der Waals surface area (Å²) in [7, 11) is 0. The van der Waals surface area contributed by atoms with Gasteiger partial charge >= 0.3 is 12.4 Å². The van der Waals surface area contributed by atoms with Crippen molar-refractivity contribution in [2.45, 2.75) is 12.4 Å². The first-order valence-electron chi connectivity index (χ1n) is 6.44. The second-order valence-electron chi connectivity index (χ2n) is 4.88. The van der Waals surface area contributed by atoms with Gasteiger partial charge in [-0.3, -0.25) is 0 Å². The molecule has 0 unspecified atom stereocenters. The van der Waals surface area contributed by atoms with E-state index in [4.69, 9.17) is 4.42 Å². The molecule has 120 valence electrons. The average molecular weight is 330 g/mol. The molecule has 0 spiro atoms. The van der Waals surface area contributed by atoms with Crippen molar-refractivity contribution in [3.8, 4) is 11.3 Å². The molecule has 2 aromatic carbocycles. The molecule has 3 rings (SSSR count). The van der Waals surface area contributed by atoms with Crippen LogP contribution in [0.1, 0.15) is 11.1 Å². The topological polar surface area (TPSA) is 13.1 Å². The normalized spacial score (nSPS) is 12.8. The van der Waals surface area contributed by atoms with E-state index in [2.05, 4.69) is 0 Å². The van der Waals surface area contributed by atoms with Crippen LogP contribution in [0.3, 0.4) is 0 Å². The third kappa shape index (κ3) is 2.78. The molecule has 0 aliphatic carbocycles. The number of hydrogen-bond acceptors (Lipinski definition) is 1. The van der Waals surface area contributed by atoms with Gasteiger partial charge in [-0.15, -0.1) is 0 Å². The van der Waals surface area contributed by atoms with Crippen molar-refractivity contribution in [3.05, 3.63) is 59.7 Å². The monoisotopic (exact) mass is 330 g/mol. The zero-order valence-electron chi connectivity index (χ0n) is 11.3. The van der Waals surface area contributed by atoms with Gasteiger partial charge in [0, 0.05) is 10.9 Å². The number of rotatable bonds is 1. The van der Waals surface area contributed by atoms with Crippen LogP contribution in [-0.2, 0) is 12.4 Å². The zero-order chi connectivity index (χ0) is 16.8. The second-order valence-corrected chi connectivity index (χ2v) is 4.88. The van der Waals surface area contributed by atoms with E-state index in [9.17, 15) is 26.3 Å². The SMILES string of the molecule is FC(F)(F)c1ccc(-c2oc3ccccc3c2C(F)(F)F)cc1. The summed E-state index contributed by atoms with van der Waals surface area (Å²) in [6.45, 7) is 0. The van der Waals surface area contributed by atoms with E-state index in [0.717, 1.165) is 24.3 Å². The minimum absolute atomic E-state index is 0.0229. The van der Waals surface area contributed by atoms with Crippen molar-refractivity contribution in [1.29, 1.82) is 0 Å². The van der Waals surface area contributed by atoms with Crippen LogP contribution in [0.2, 0.25) is 0 Å². The fraction of sp³-hybridized carbons (Fsp3) is 0.125. The van der Waals surface area contributed by atoms with Gasteiger partial charge in [-0.2, -0.15) is 26.3 Å². The molecule has 0 N–H and O–H groups in total. The molecule has 0 atom stereocenters. The molecule has 0 bridgehead atoms. The van der Waals surface area contributed by atoms with Gasteiger partial charge in [0.2, 0.25) is 0 Å². The van der Waals surface area contributed by atoms with Crippen LogP contribution in [0.5, 0.6) is 0 Å². The minimum Gasteiger partial charge on any atom is -0.455 e. The summed E-state index contributed by atoms with van der Waals surface area (Å²) in [5, 5.41) is -0.130. The number of fused-ring (bicyclic) bond motifs is 1. The summed E-state index contributed by atoms with van der Waals surface area (Å²) >= 11 is 0. The number of benzene rings is 2. The fourth-order valence-electron chi connectivity index (χ4n) is 2.34. The summed E-state index contributed by atoms with van der Waals surface area (Å²) in [5.74, 6) is -0.493. The molecule has 1 nitrogen and oxygen atoms in total. The van der Waals surface area contributed by atoms with Crippen molar-refractivity contribution >= 4 is 11.0 Å². The van der Waals surface area contributed by atoms with Crippen molar-refractivity contribution in [3.63, 3.8) is 0 Å². The second kappa shape index (κ2) is 5.04. The maximum Gasteiger partial charge on any atom is 0.420 e. The summed E-state index contributed by atoms with van der Waals surface area (Å²) < 4.78 is 82.9. The van der Waals surface area contributed by atoms with Crippen LogP contribution in [0, 0.1) is 0 Å². The first-order chi connectivity index (χ1) is 10.7. The lowest BCUT2D eigenvalue weighted by molar-refractivity contribution is -0.138. The molecule has 0 amide bonds. The molecule has 3 aromatic rings. The summed E-state index contributed by atoms with van der Waals surface area (Å²) in [4.78, 5) is 0. The van der Waals surface area contributed by atoms with Gasteiger partial charge in [0.15, 0.2) is 0 Å². The van der Waals surface area contributed by atoms with Crippen molar-refractivity contribution < 1.29 is 30.8 Å². The Hall–Kier alpha value is -2.44. The van der Waals surface area contributed by atoms with Gasteiger partial charge in [0.05, 0.1) is 5.56 Å². The van der Waals surface area contributed by atoms with Crippen LogP contribution < -0.4 is 0 Å². The molecule has 1 aromatic heterocycles. The standard InChI is InChI=1S/C16H8F6O/c17-15(18,19)10-7-5-9(6-8-10)14-13(16(20,21)22)11-3-1-2-4-12(11)23-14/h1-8H.